The summed E-state index contributed by atoms with van der Waals surface area (Å²) >= 11 is 1.73. The van der Waals surface area contributed by atoms with Crippen molar-refractivity contribution >= 4 is 11.3 Å². The van der Waals surface area contributed by atoms with Crippen molar-refractivity contribution in [1.82, 2.24) is 0 Å². The highest BCUT2D eigenvalue weighted by molar-refractivity contribution is 7.10. The fraction of sp³-hybridized carbons (Fsp3) is 0.273. The summed E-state index contributed by atoms with van der Waals surface area (Å²) < 4.78 is 5.29. The average molecular weight is 207 g/mol. The molecule has 2 aromatic rings. The molecule has 1 atom stereocenters. The molecule has 0 aromatic carbocycles. The maximum Gasteiger partial charge on any atom is 0.125 e. The van der Waals surface area contributed by atoms with Crippen LogP contribution in [0, 0.1) is 13.8 Å². The second-order valence-electron chi connectivity index (χ2n) is 3.37. The molecule has 0 spiro atoms. The zero-order chi connectivity index (χ0) is 10.1. The zero-order valence-electron chi connectivity index (χ0n) is 8.28. The van der Waals surface area contributed by atoms with Crippen molar-refractivity contribution in [2.45, 2.75) is 19.9 Å². The summed E-state index contributed by atoms with van der Waals surface area (Å²) in [6.45, 7) is 4.21. The van der Waals surface area contributed by atoms with Crippen LogP contribution in [0.2, 0.25) is 0 Å². The molecular formula is C11H13NOS. The highest BCUT2D eigenvalue weighted by atomic mass is 32.1. The Balaban J connectivity index is 2.36. The van der Waals surface area contributed by atoms with Crippen LogP contribution < -0.4 is 5.73 Å². The predicted octanol–water partition coefficient (Wildman–Crippen LogP) is 3.01. The van der Waals surface area contributed by atoms with Crippen molar-refractivity contribution in [2.24, 2.45) is 5.73 Å². The van der Waals surface area contributed by atoms with Gasteiger partial charge in [-0.3, -0.25) is 0 Å². The van der Waals surface area contributed by atoms with Crippen molar-refractivity contribution in [1.29, 1.82) is 0 Å². The minimum atomic E-state index is -0.130. The maximum atomic E-state index is 6.09. The third-order valence-electron chi connectivity index (χ3n) is 2.51. The van der Waals surface area contributed by atoms with Crippen LogP contribution in [-0.2, 0) is 0 Å². The number of rotatable bonds is 2. The molecule has 14 heavy (non-hydrogen) atoms. The quantitative estimate of drug-likeness (QED) is 0.822. The van der Waals surface area contributed by atoms with E-state index in [1.165, 1.54) is 16.0 Å². The first-order valence-corrected chi connectivity index (χ1v) is 5.41. The zero-order valence-corrected chi connectivity index (χ0v) is 9.10. The monoisotopic (exact) mass is 207 g/mol. The van der Waals surface area contributed by atoms with E-state index in [0.29, 0.717) is 0 Å². The third-order valence-corrected chi connectivity index (χ3v) is 3.54. The van der Waals surface area contributed by atoms with Crippen molar-refractivity contribution in [2.75, 3.05) is 0 Å². The van der Waals surface area contributed by atoms with E-state index < -0.39 is 0 Å². The Labute approximate surface area is 87.4 Å². The topological polar surface area (TPSA) is 39.2 Å². The summed E-state index contributed by atoms with van der Waals surface area (Å²) in [5.74, 6) is 0.825. The Morgan fingerprint density at radius 2 is 2.21 bits per heavy atom. The van der Waals surface area contributed by atoms with Crippen molar-refractivity contribution in [3.05, 3.63) is 45.5 Å². The van der Waals surface area contributed by atoms with Gasteiger partial charge in [0.2, 0.25) is 0 Å². The number of thiophene rings is 1. The van der Waals surface area contributed by atoms with Crippen LogP contribution in [0.4, 0.5) is 0 Å². The van der Waals surface area contributed by atoms with Crippen molar-refractivity contribution in [3.8, 4) is 0 Å². The molecule has 0 saturated carbocycles. The summed E-state index contributed by atoms with van der Waals surface area (Å²) in [4.78, 5) is 1.32. The first-order valence-electron chi connectivity index (χ1n) is 4.53. The molecule has 3 heteroatoms. The Hall–Kier alpha value is -1.06. The van der Waals surface area contributed by atoms with E-state index in [1.807, 2.05) is 12.1 Å². The van der Waals surface area contributed by atoms with Crippen molar-refractivity contribution < 1.29 is 4.42 Å². The predicted molar refractivity (Wildman–Crippen MR) is 58.5 cm³/mol. The minimum Gasteiger partial charge on any atom is -0.467 e. The number of hydrogen-bond donors (Lipinski definition) is 1. The molecule has 0 aliphatic heterocycles. The van der Waals surface area contributed by atoms with E-state index in [-0.39, 0.29) is 6.04 Å². The molecule has 2 heterocycles. The number of aryl methyl sites for hydroxylation is 1. The molecule has 0 radical (unpaired) electrons. The summed E-state index contributed by atoms with van der Waals surface area (Å²) in [6.07, 6.45) is 1.66. The summed E-state index contributed by atoms with van der Waals surface area (Å²) in [5, 5.41) is 2.11. The Morgan fingerprint density at radius 1 is 1.43 bits per heavy atom. The van der Waals surface area contributed by atoms with Gasteiger partial charge in [-0.2, -0.15) is 0 Å². The lowest BCUT2D eigenvalue weighted by Crippen LogP contribution is -2.11. The summed E-state index contributed by atoms with van der Waals surface area (Å²) in [5.41, 5.74) is 8.53. The van der Waals surface area contributed by atoms with Gasteiger partial charge in [0.15, 0.2) is 0 Å². The van der Waals surface area contributed by atoms with E-state index in [1.54, 1.807) is 17.6 Å². The first-order chi connectivity index (χ1) is 6.70. The fourth-order valence-electron chi connectivity index (χ4n) is 1.46. The third kappa shape index (κ3) is 1.49. The fourth-order valence-corrected chi connectivity index (χ4v) is 2.38. The van der Waals surface area contributed by atoms with Gasteiger partial charge in [0, 0.05) is 4.88 Å². The van der Waals surface area contributed by atoms with Crippen LogP contribution in [0.1, 0.15) is 27.8 Å². The van der Waals surface area contributed by atoms with E-state index in [2.05, 4.69) is 19.2 Å². The molecule has 2 nitrogen and oxygen atoms in total. The summed E-state index contributed by atoms with van der Waals surface area (Å²) in [7, 11) is 0. The number of hydrogen-bond acceptors (Lipinski definition) is 3. The van der Waals surface area contributed by atoms with Gasteiger partial charge in [-0.25, -0.2) is 0 Å². The molecule has 2 rings (SSSR count). The highest BCUT2D eigenvalue weighted by Gasteiger charge is 2.15. The molecule has 0 aliphatic rings. The van der Waals surface area contributed by atoms with Gasteiger partial charge in [0.05, 0.1) is 12.3 Å². The lowest BCUT2D eigenvalue weighted by molar-refractivity contribution is 0.489. The Morgan fingerprint density at radius 3 is 2.71 bits per heavy atom. The average Bonchev–Trinajstić information content (AvgIpc) is 2.77. The minimum absolute atomic E-state index is 0.130. The van der Waals surface area contributed by atoms with Crippen LogP contribution in [0.3, 0.4) is 0 Å². The van der Waals surface area contributed by atoms with Gasteiger partial charge < -0.3 is 10.2 Å². The second-order valence-corrected chi connectivity index (χ2v) is 4.45. The van der Waals surface area contributed by atoms with Crippen LogP contribution >= 0.6 is 11.3 Å². The molecular weight excluding hydrogens is 194 g/mol. The molecule has 0 aliphatic carbocycles. The van der Waals surface area contributed by atoms with E-state index in [0.717, 1.165) is 5.76 Å². The maximum absolute atomic E-state index is 6.09. The highest BCUT2D eigenvalue weighted by Crippen LogP contribution is 2.28. The van der Waals surface area contributed by atoms with E-state index in [4.69, 9.17) is 10.2 Å². The lowest BCUT2D eigenvalue weighted by atomic mass is 10.0. The van der Waals surface area contributed by atoms with E-state index >= 15 is 0 Å². The molecule has 1 unspecified atom stereocenters. The van der Waals surface area contributed by atoms with Gasteiger partial charge in [-0.1, -0.05) is 0 Å². The first kappa shape index (κ1) is 9.49. The normalized spacial score (nSPS) is 13.1. The number of furan rings is 1. The summed E-state index contributed by atoms with van der Waals surface area (Å²) in [6, 6.07) is 3.65. The van der Waals surface area contributed by atoms with Crippen LogP contribution in [-0.4, -0.2) is 0 Å². The smallest absolute Gasteiger partial charge is 0.125 e. The molecule has 74 valence electrons. The van der Waals surface area contributed by atoms with Gasteiger partial charge in [0.25, 0.3) is 0 Å². The van der Waals surface area contributed by atoms with Gasteiger partial charge in [-0.05, 0) is 42.5 Å². The van der Waals surface area contributed by atoms with E-state index in [9.17, 15) is 0 Å². The molecule has 0 fully saturated rings. The standard InChI is InChI=1S/C11H13NOS/c1-7-8(2)14-6-9(7)11(12)10-4-3-5-13-10/h3-6,11H,12H2,1-2H3. The van der Waals surface area contributed by atoms with Crippen molar-refractivity contribution in [3.63, 3.8) is 0 Å². The second kappa shape index (κ2) is 3.59. The number of nitrogens with two attached hydrogens (primary N) is 1. The Kier molecular flexibility index (Phi) is 2.44. The molecule has 0 saturated heterocycles. The molecule has 0 amide bonds. The van der Waals surface area contributed by atoms with Crippen LogP contribution in [0.25, 0.3) is 0 Å². The Bertz CT molecular complexity index is 416. The molecule has 2 aromatic heterocycles. The molecule has 2 N–H and O–H groups in total. The van der Waals surface area contributed by atoms with Gasteiger partial charge in [-0.15, -0.1) is 11.3 Å². The SMILES string of the molecule is Cc1scc(C(N)c2ccco2)c1C. The van der Waals surface area contributed by atoms with Crippen LogP contribution in [0.15, 0.2) is 28.2 Å². The largest absolute Gasteiger partial charge is 0.467 e. The molecule has 0 bridgehead atoms. The van der Waals surface area contributed by atoms with Gasteiger partial charge in [0.1, 0.15) is 5.76 Å². The lowest BCUT2D eigenvalue weighted by Gasteiger charge is -2.08. The van der Waals surface area contributed by atoms with Gasteiger partial charge >= 0.3 is 0 Å². The van der Waals surface area contributed by atoms with Crippen LogP contribution in [0.5, 0.6) is 0 Å².